The van der Waals surface area contributed by atoms with E-state index in [1.54, 1.807) is 12.1 Å². The molecule has 0 radical (unpaired) electrons. The van der Waals surface area contributed by atoms with Crippen LogP contribution in [0, 0.1) is 11.7 Å². The van der Waals surface area contributed by atoms with Gasteiger partial charge in [0, 0.05) is 25.2 Å². The molecule has 2 saturated heterocycles. The molecule has 5 rings (SSSR count). The first-order valence-electron chi connectivity index (χ1n) is 13.5. The maximum absolute atomic E-state index is 13.2. The summed E-state index contributed by atoms with van der Waals surface area (Å²) in [6, 6.07) is 14.6. The lowest BCUT2D eigenvalue weighted by Gasteiger charge is -2.30. The number of likely N-dealkylation sites (tertiary alicyclic amines) is 2. The first-order chi connectivity index (χ1) is 18.1. The van der Waals surface area contributed by atoms with Crippen LogP contribution in [0.4, 0.5) is 4.39 Å². The molecule has 2 aromatic carbocycles. The van der Waals surface area contributed by atoms with Crippen molar-refractivity contribution in [1.82, 2.24) is 25.3 Å². The molecule has 1 atom stereocenters. The molecule has 8 heteroatoms. The Kier molecular flexibility index (Phi) is 8.58. The number of aromatic nitrogens is 2. The number of piperidine rings is 1. The predicted octanol–water partition coefficient (Wildman–Crippen LogP) is 4.78. The lowest BCUT2D eigenvalue weighted by atomic mass is 9.97. The van der Waals surface area contributed by atoms with Crippen molar-refractivity contribution in [1.29, 1.82) is 0 Å². The Morgan fingerprint density at radius 2 is 1.70 bits per heavy atom. The molecule has 1 N–H and O–H groups in total. The van der Waals surface area contributed by atoms with Gasteiger partial charge >= 0.3 is 0 Å². The molecule has 0 saturated carbocycles. The Labute approximate surface area is 218 Å². The van der Waals surface area contributed by atoms with Crippen LogP contribution >= 0.6 is 0 Å². The van der Waals surface area contributed by atoms with Crippen molar-refractivity contribution in [3.8, 4) is 11.4 Å². The van der Waals surface area contributed by atoms with Gasteiger partial charge in [-0.2, -0.15) is 4.98 Å². The molecule has 2 aliphatic rings. The van der Waals surface area contributed by atoms with E-state index in [9.17, 15) is 9.18 Å². The fourth-order valence-corrected chi connectivity index (χ4v) is 5.36. The van der Waals surface area contributed by atoms with E-state index in [4.69, 9.17) is 4.52 Å². The molecular weight excluding hydrogens is 469 g/mol. The van der Waals surface area contributed by atoms with Crippen molar-refractivity contribution in [3.05, 3.63) is 71.4 Å². The zero-order chi connectivity index (χ0) is 25.5. The maximum atomic E-state index is 13.2. The molecule has 196 valence electrons. The molecule has 0 spiro atoms. The summed E-state index contributed by atoms with van der Waals surface area (Å²) in [5, 5.41) is 7.19. The first kappa shape index (κ1) is 25.5. The predicted molar refractivity (Wildman–Crippen MR) is 140 cm³/mol. The van der Waals surface area contributed by atoms with Gasteiger partial charge in [0.2, 0.25) is 17.6 Å². The van der Waals surface area contributed by atoms with Gasteiger partial charge in [0.15, 0.2) is 0 Å². The van der Waals surface area contributed by atoms with Gasteiger partial charge in [-0.15, -0.1) is 0 Å². The van der Waals surface area contributed by atoms with Gasteiger partial charge in [-0.1, -0.05) is 42.3 Å². The summed E-state index contributed by atoms with van der Waals surface area (Å²) in [7, 11) is 0. The molecule has 7 nitrogen and oxygen atoms in total. The molecule has 0 bridgehead atoms. The normalized spacial score (nSPS) is 19.4. The van der Waals surface area contributed by atoms with Crippen molar-refractivity contribution in [3.63, 3.8) is 0 Å². The van der Waals surface area contributed by atoms with Crippen LogP contribution in [0.15, 0.2) is 53.1 Å². The number of benzene rings is 2. The van der Waals surface area contributed by atoms with Gasteiger partial charge in [-0.25, -0.2) is 4.39 Å². The highest BCUT2D eigenvalue weighted by atomic mass is 19.1. The average Bonchev–Trinajstić information content (AvgIpc) is 3.22. The SMILES string of the molecule is O=C(NCc1cccc(CN2CCCCCC2)c1)C1CCCN(Cc2nc(-c3ccc(F)cc3)no2)C1. The molecule has 0 aliphatic carbocycles. The zero-order valence-electron chi connectivity index (χ0n) is 21.4. The van der Waals surface area contributed by atoms with E-state index in [-0.39, 0.29) is 17.6 Å². The Bertz CT molecular complexity index is 1160. The van der Waals surface area contributed by atoms with Crippen LogP contribution in [-0.4, -0.2) is 52.0 Å². The second-order valence-electron chi connectivity index (χ2n) is 10.3. The lowest BCUT2D eigenvalue weighted by molar-refractivity contribution is -0.127. The van der Waals surface area contributed by atoms with Crippen molar-refractivity contribution in [2.45, 2.75) is 58.2 Å². The van der Waals surface area contributed by atoms with E-state index < -0.39 is 0 Å². The third-order valence-electron chi connectivity index (χ3n) is 7.37. The number of hydrogen-bond donors (Lipinski definition) is 1. The van der Waals surface area contributed by atoms with Crippen molar-refractivity contribution in [2.24, 2.45) is 5.92 Å². The number of carbonyl (C=O) groups excluding carboxylic acids is 1. The van der Waals surface area contributed by atoms with Crippen molar-refractivity contribution < 1.29 is 13.7 Å². The van der Waals surface area contributed by atoms with Crippen LogP contribution in [0.1, 0.15) is 55.5 Å². The zero-order valence-corrected chi connectivity index (χ0v) is 21.4. The van der Waals surface area contributed by atoms with E-state index in [2.05, 4.69) is 49.5 Å². The van der Waals surface area contributed by atoms with Crippen molar-refractivity contribution in [2.75, 3.05) is 26.2 Å². The molecule has 3 aromatic rings. The molecule has 3 heterocycles. The summed E-state index contributed by atoms with van der Waals surface area (Å²) in [6.07, 6.45) is 7.08. The smallest absolute Gasteiger partial charge is 0.241 e. The molecule has 2 aliphatic heterocycles. The van der Waals surface area contributed by atoms with Gasteiger partial charge in [-0.3, -0.25) is 14.6 Å². The summed E-state index contributed by atoms with van der Waals surface area (Å²) in [5.41, 5.74) is 3.17. The van der Waals surface area contributed by atoms with Gasteiger partial charge in [-0.05, 0) is 80.7 Å². The summed E-state index contributed by atoms with van der Waals surface area (Å²) in [4.78, 5) is 22.2. The van der Waals surface area contributed by atoms with E-state index in [0.29, 0.717) is 36.9 Å². The molecule has 1 aromatic heterocycles. The fraction of sp³-hybridized carbons (Fsp3) is 0.483. The highest BCUT2D eigenvalue weighted by Crippen LogP contribution is 2.21. The minimum absolute atomic E-state index is 0.0616. The summed E-state index contributed by atoms with van der Waals surface area (Å²) in [5.74, 6) is 0.681. The highest BCUT2D eigenvalue weighted by molar-refractivity contribution is 5.79. The number of halogens is 1. The largest absolute Gasteiger partial charge is 0.352 e. The number of nitrogens with one attached hydrogen (secondary N) is 1. The van der Waals surface area contributed by atoms with E-state index in [1.165, 1.54) is 56.5 Å². The van der Waals surface area contributed by atoms with Crippen LogP contribution in [0.2, 0.25) is 0 Å². The highest BCUT2D eigenvalue weighted by Gasteiger charge is 2.27. The first-order valence-corrected chi connectivity index (χ1v) is 13.5. The average molecular weight is 506 g/mol. The molecule has 37 heavy (non-hydrogen) atoms. The molecule has 1 unspecified atom stereocenters. The number of amides is 1. The minimum atomic E-state index is -0.300. The standard InChI is InChI=1S/C29H36FN5O2/c30-26-12-10-24(11-13-26)28-32-27(37-33-28)21-35-16-6-9-25(20-35)29(36)31-18-22-7-5-8-23(17-22)19-34-14-3-1-2-4-15-34/h5,7-8,10-13,17,25H,1-4,6,9,14-16,18-21H2,(H,31,36). The Hall–Kier alpha value is -3.10. The topological polar surface area (TPSA) is 74.5 Å². The molecular formula is C29H36FN5O2. The van der Waals surface area contributed by atoms with Crippen LogP contribution in [0.25, 0.3) is 11.4 Å². The summed E-state index contributed by atoms with van der Waals surface area (Å²) < 4.78 is 18.6. The fourth-order valence-electron chi connectivity index (χ4n) is 5.36. The van der Waals surface area contributed by atoms with Gasteiger partial charge in [0.1, 0.15) is 5.82 Å². The third-order valence-corrected chi connectivity index (χ3v) is 7.37. The maximum Gasteiger partial charge on any atom is 0.241 e. The van der Waals surface area contributed by atoms with Crippen LogP contribution in [0.3, 0.4) is 0 Å². The van der Waals surface area contributed by atoms with Crippen LogP contribution in [0.5, 0.6) is 0 Å². The third kappa shape index (κ3) is 7.23. The Morgan fingerprint density at radius 1 is 0.946 bits per heavy atom. The van der Waals surface area contributed by atoms with Gasteiger partial charge in [0.05, 0.1) is 12.5 Å². The quantitative estimate of drug-likeness (QED) is 0.475. The molecule has 2 fully saturated rings. The number of nitrogens with zero attached hydrogens (tertiary/aromatic N) is 4. The Morgan fingerprint density at radius 3 is 2.51 bits per heavy atom. The van der Waals surface area contributed by atoms with Crippen LogP contribution in [-0.2, 0) is 24.4 Å². The van der Waals surface area contributed by atoms with E-state index >= 15 is 0 Å². The van der Waals surface area contributed by atoms with E-state index in [0.717, 1.165) is 31.5 Å². The molecule has 1 amide bonds. The Balaban J connectivity index is 1.11. The number of carbonyl (C=O) groups is 1. The van der Waals surface area contributed by atoms with E-state index in [1.807, 2.05) is 0 Å². The lowest BCUT2D eigenvalue weighted by Crippen LogP contribution is -2.42. The van der Waals surface area contributed by atoms with Crippen molar-refractivity contribution >= 4 is 5.91 Å². The summed E-state index contributed by atoms with van der Waals surface area (Å²) >= 11 is 0. The number of rotatable bonds is 8. The van der Waals surface area contributed by atoms with Gasteiger partial charge < -0.3 is 9.84 Å². The minimum Gasteiger partial charge on any atom is -0.352 e. The summed E-state index contributed by atoms with van der Waals surface area (Å²) in [6.45, 7) is 5.93. The van der Waals surface area contributed by atoms with Gasteiger partial charge in [0.25, 0.3) is 0 Å². The van der Waals surface area contributed by atoms with Crippen LogP contribution < -0.4 is 5.32 Å². The number of hydrogen-bond acceptors (Lipinski definition) is 6. The monoisotopic (exact) mass is 505 g/mol. The second-order valence-corrected chi connectivity index (χ2v) is 10.3. The second kappa shape index (κ2) is 12.4.